The van der Waals surface area contributed by atoms with Crippen LogP contribution in [0.1, 0.15) is 56.0 Å². The standard InChI is InChI=1S/C27H33ClN2O5/c1-17(2)24(29-23(31)15-35-21-11-7-19(8-12-21)26(33)34)25(32)30-14-13-22(27(3,4)16-30)18-5-9-20(28)10-6-18/h5-12,17,22,24H,13-16H2,1-4H3,(H,29,31)(H,33,34)/t22?,24-/m1/s1. The molecule has 188 valence electrons. The van der Waals surface area contributed by atoms with Crippen LogP contribution in [0.15, 0.2) is 48.5 Å². The van der Waals surface area contributed by atoms with E-state index in [1.54, 1.807) is 0 Å². The van der Waals surface area contributed by atoms with E-state index >= 15 is 0 Å². The molecule has 2 atom stereocenters. The molecule has 1 saturated heterocycles. The first-order chi connectivity index (χ1) is 16.5. The maximum Gasteiger partial charge on any atom is 0.335 e. The van der Waals surface area contributed by atoms with Gasteiger partial charge in [-0.25, -0.2) is 4.79 Å². The number of carboxylic acid groups (broad SMARTS) is 1. The van der Waals surface area contributed by atoms with Crippen molar-refractivity contribution in [2.45, 2.75) is 46.1 Å². The number of hydrogen-bond donors (Lipinski definition) is 2. The summed E-state index contributed by atoms with van der Waals surface area (Å²) < 4.78 is 5.47. The summed E-state index contributed by atoms with van der Waals surface area (Å²) in [5.74, 6) is -0.955. The van der Waals surface area contributed by atoms with Crippen molar-refractivity contribution in [1.82, 2.24) is 10.2 Å². The van der Waals surface area contributed by atoms with Crippen LogP contribution in [0.3, 0.4) is 0 Å². The molecule has 2 N–H and O–H groups in total. The van der Waals surface area contributed by atoms with Gasteiger partial charge >= 0.3 is 5.97 Å². The fraction of sp³-hybridized carbons (Fsp3) is 0.444. The van der Waals surface area contributed by atoms with Crippen molar-refractivity contribution < 1.29 is 24.2 Å². The Kier molecular flexibility index (Phi) is 8.43. The average molecular weight is 501 g/mol. The van der Waals surface area contributed by atoms with Crippen LogP contribution >= 0.6 is 11.6 Å². The summed E-state index contributed by atoms with van der Waals surface area (Å²) in [4.78, 5) is 38.8. The van der Waals surface area contributed by atoms with Crippen LogP contribution in [0, 0.1) is 11.3 Å². The van der Waals surface area contributed by atoms with Crippen molar-refractivity contribution in [2.75, 3.05) is 19.7 Å². The molecule has 1 fully saturated rings. The lowest BCUT2D eigenvalue weighted by Crippen LogP contribution is -2.56. The molecular weight excluding hydrogens is 468 g/mol. The van der Waals surface area contributed by atoms with E-state index in [9.17, 15) is 14.4 Å². The Morgan fingerprint density at radius 3 is 2.29 bits per heavy atom. The highest BCUT2D eigenvalue weighted by molar-refractivity contribution is 6.30. The molecule has 0 aromatic heterocycles. The molecule has 8 heteroatoms. The monoisotopic (exact) mass is 500 g/mol. The van der Waals surface area contributed by atoms with Crippen LogP contribution in [0.4, 0.5) is 0 Å². The van der Waals surface area contributed by atoms with E-state index in [4.69, 9.17) is 21.4 Å². The molecule has 35 heavy (non-hydrogen) atoms. The lowest BCUT2D eigenvalue weighted by atomic mass is 9.70. The molecular formula is C27H33ClN2O5. The zero-order valence-corrected chi connectivity index (χ0v) is 21.3. The number of benzene rings is 2. The van der Waals surface area contributed by atoms with E-state index in [1.165, 1.54) is 29.8 Å². The minimum absolute atomic E-state index is 0.0956. The van der Waals surface area contributed by atoms with Crippen molar-refractivity contribution in [1.29, 1.82) is 0 Å². The van der Waals surface area contributed by atoms with E-state index in [1.807, 2.05) is 30.9 Å². The topological polar surface area (TPSA) is 95.9 Å². The Morgan fingerprint density at radius 2 is 1.74 bits per heavy atom. The summed E-state index contributed by atoms with van der Waals surface area (Å²) in [6.45, 7) is 9.06. The van der Waals surface area contributed by atoms with Gasteiger partial charge < -0.3 is 20.1 Å². The Morgan fingerprint density at radius 1 is 1.11 bits per heavy atom. The number of amides is 2. The van der Waals surface area contributed by atoms with Crippen molar-refractivity contribution >= 4 is 29.4 Å². The van der Waals surface area contributed by atoms with Gasteiger partial charge in [0.05, 0.1) is 5.56 Å². The minimum Gasteiger partial charge on any atom is -0.484 e. The number of aromatic carboxylic acids is 1. The molecule has 1 aliphatic heterocycles. The molecule has 0 aliphatic carbocycles. The second kappa shape index (κ2) is 11.1. The number of halogens is 1. The average Bonchev–Trinajstić information content (AvgIpc) is 2.81. The number of carbonyl (C=O) groups is 3. The molecule has 1 unspecified atom stereocenters. The SMILES string of the molecule is CC(C)[C@@H](NC(=O)COc1ccc(C(=O)O)cc1)C(=O)N1CCC(c2ccc(Cl)cc2)C(C)(C)C1. The third-order valence-corrected chi connectivity index (χ3v) is 6.79. The van der Waals surface area contributed by atoms with Crippen LogP contribution < -0.4 is 10.1 Å². The van der Waals surface area contributed by atoms with Crippen LogP contribution in [0.5, 0.6) is 5.75 Å². The van der Waals surface area contributed by atoms with Crippen LogP contribution in [0.25, 0.3) is 0 Å². The second-order valence-corrected chi connectivity index (χ2v) is 10.5. The number of nitrogens with one attached hydrogen (secondary N) is 1. The molecule has 0 bridgehead atoms. The molecule has 2 amide bonds. The minimum atomic E-state index is -1.03. The summed E-state index contributed by atoms with van der Waals surface area (Å²) in [5, 5.41) is 12.5. The molecule has 1 heterocycles. The van der Waals surface area contributed by atoms with Gasteiger partial charge in [0.25, 0.3) is 5.91 Å². The number of carboxylic acids is 1. The van der Waals surface area contributed by atoms with E-state index in [2.05, 4.69) is 31.3 Å². The Bertz CT molecular complexity index is 1050. The van der Waals surface area contributed by atoms with Gasteiger partial charge in [-0.15, -0.1) is 0 Å². The highest BCUT2D eigenvalue weighted by atomic mass is 35.5. The van der Waals surface area contributed by atoms with Crippen LogP contribution in [-0.2, 0) is 9.59 Å². The first kappa shape index (κ1) is 26.5. The van der Waals surface area contributed by atoms with Gasteiger partial charge in [0.1, 0.15) is 11.8 Å². The summed E-state index contributed by atoms with van der Waals surface area (Å²) in [5.41, 5.74) is 1.21. The quantitative estimate of drug-likeness (QED) is 0.552. The van der Waals surface area contributed by atoms with Crippen molar-refractivity contribution in [3.8, 4) is 5.75 Å². The molecule has 0 radical (unpaired) electrons. The van der Waals surface area contributed by atoms with Crippen molar-refractivity contribution in [3.63, 3.8) is 0 Å². The Hall–Kier alpha value is -3.06. The molecule has 0 spiro atoms. The second-order valence-electron chi connectivity index (χ2n) is 10.0. The lowest BCUT2D eigenvalue weighted by Gasteiger charge is -2.45. The molecule has 0 saturated carbocycles. The number of nitrogens with zero attached hydrogens (tertiary/aromatic N) is 1. The van der Waals surface area contributed by atoms with Gasteiger partial charge in [-0.1, -0.05) is 51.4 Å². The lowest BCUT2D eigenvalue weighted by molar-refractivity contribution is -0.141. The highest BCUT2D eigenvalue weighted by Gasteiger charge is 2.40. The normalized spacial score (nSPS) is 18.1. The number of likely N-dealkylation sites (tertiary alicyclic amines) is 1. The fourth-order valence-electron chi connectivity index (χ4n) is 4.63. The van der Waals surface area contributed by atoms with Crippen LogP contribution in [-0.4, -0.2) is 53.5 Å². The summed E-state index contributed by atoms with van der Waals surface area (Å²) >= 11 is 6.05. The van der Waals surface area contributed by atoms with Gasteiger partial charge in [0.2, 0.25) is 5.91 Å². The van der Waals surface area contributed by atoms with Gasteiger partial charge in [-0.3, -0.25) is 9.59 Å². The predicted octanol–water partition coefficient (Wildman–Crippen LogP) is 4.60. The van der Waals surface area contributed by atoms with E-state index in [0.29, 0.717) is 29.8 Å². The zero-order chi connectivity index (χ0) is 25.8. The molecule has 3 rings (SSSR count). The van der Waals surface area contributed by atoms with E-state index in [0.717, 1.165) is 6.42 Å². The zero-order valence-electron chi connectivity index (χ0n) is 20.6. The number of rotatable bonds is 8. The smallest absolute Gasteiger partial charge is 0.335 e. The van der Waals surface area contributed by atoms with Crippen LogP contribution in [0.2, 0.25) is 5.02 Å². The highest BCUT2D eigenvalue weighted by Crippen LogP contribution is 2.42. The summed E-state index contributed by atoms with van der Waals surface area (Å²) in [6, 6.07) is 13.1. The maximum absolute atomic E-state index is 13.4. The molecule has 2 aromatic carbocycles. The fourth-order valence-corrected chi connectivity index (χ4v) is 4.75. The van der Waals surface area contributed by atoms with Gasteiger partial charge in [-0.05, 0) is 65.6 Å². The first-order valence-electron chi connectivity index (χ1n) is 11.8. The molecule has 2 aromatic rings. The summed E-state index contributed by atoms with van der Waals surface area (Å²) in [6.07, 6.45) is 0.828. The molecule has 7 nitrogen and oxygen atoms in total. The van der Waals surface area contributed by atoms with E-state index in [-0.39, 0.29) is 29.4 Å². The van der Waals surface area contributed by atoms with Gasteiger partial charge in [0.15, 0.2) is 6.61 Å². The van der Waals surface area contributed by atoms with E-state index < -0.39 is 17.9 Å². The van der Waals surface area contributed by atoms with Crippen molar-refractivity contribution in [3.05, 3.63) is 64.7 Å². The summed E-state index contributed by atoms with van der Waals surface area (Å²) in [7, 11) is 0. The Balaban J connectivity index is 1.60. The number of piperidine rings is 1. The van der Waals surface area contributed by atoms with Gasteiger partial charge in [-0.2, -0.15) is 0 Å². The number of hydrogen-bond acceptors (Lipinski definition) is 4. The third kappa shape index (κ3) is 6.75. The first-order valence-corrected chi connectivity index (χ1v) is 12.2. The largest absolute Gasteiger partial charge is 0.484 e. The number of ether oxygens (including phenoxy) is 1. The number of carbonyl (C=O) groups excluding carboxylic acids is 2. The third-order valence-electron chi connectivity index (χ3n) is 6.53. The van der Waals surface area contributed by atoms with Crippen molar-refractivity contribution in [2.24, 2.45) is 11.3 Å². The maximum atomic E-state index is 13.4. The van der Waals surface area contributed by atoms with Gasteiger partial charge in [0, 0.05) is 18.1 Å². The Labute approximate surface area is 211 Å². The predicted molar refractivity (Wildman–Crippen MR) is 135 cm³/mol. The molecule has 1 aliphatic rings.